The quantitative estimate of drug-likeness (QED) is 0.388. The topological polar surface area (TPSA) is 70.8 Å². The van der Waals surface area contributed by atoms with Gasteiger partial charge in [-0.1, -0.05) is 13.8 Å². The number of ether oxygens (including phenoxy) is 2. The standard InChI is InChI=1S/C7H15NO4/c1-3-6(4-2)10-5-11-7(9)12-8/h6H,3-5,8H2,1-2H3. The van der Waals surface area contributed by atoms with E-state index in [1.807, 2.05) is 13.8 Å². The Labute approximate surface area is 71.7 Å². The highest BCUT2D eigenvalue weighted by Gasteiger charge is 2.05. The van der Waals surface area contributed by atoms with Crippen LogP contribution in [-0.2, 0) is 14.3 Å². The van der Waals surface area contributed by atoms with Gasteiger partial charge in [0.05, 0.1) is 6.10 Å². The summed E-state index contributed by atoms with van der Waals surface area (Å²) in [5.41, 5.74) is 0. The van der Waals surface area contributed by atoms with E-state index in [2.05, 4.69) is 15.5 Å². The zero-order chi connectivity index (χ0) is 9.40. The highest BCUT2D eigenvalue weighted by atomic mass is 16.8. The summed E-state index contributed by atoms with van der Waals surface area (Å²) in [5.74, 6) is 4.52. The minimum atomic E-state index is -0.930. The third-order valence-corrected chi connectivity index (χ3v) is 1.49. The van der Waals surface area contributed by atoms with Crippen molar-refractivity contribution < 1.29 is 19.1 Å². The molecule has 0 rings (SSSR count). The molecule has 0 aromatic rings. The maximum absolute atomic E-state index is 10.3. The number of carbonyl (C=O) groups is 1. The van der Waals surface area contributed by atoms with Crippen LogP contribution in [0.3, 0.4) is 0 Å². The minimum Gasteiger partial charge on any atom is -0.406 e. The summed E-state index contributed by atoms with van der Waals surface area (Å²) >= 11 is 0. The fraction of sp³-hybridized carbons (Fsp3) is 0.857. The molecular formula is C7H15NO4. The van der Waals surface area contributed by atoms with Gasteiger partial charge < -0.3 is 14.3 Å². The van der Waals surface area contributed by atoms with Crippen molar-refractivity contribution in [2.75, 3.05) is 6.79 Å². The lowest BCUT2D eigenvalue weighted by atomic mass is 10.2. The van der Waals surface area contributed by atoms with Crippen molar-refractivity contribution in [2.45, 2.75) is 32.8 Å². The number of carbonyl (C=O) groups excluding carboxylic acids is 1. The van der Waals surface area contributed by atoms with Gasteiger partial charge in [-0.05, 0) is 12.8 Å². The molecular weight excluding hydrogens is 162 g/mol. The van der Waals surface area contributed by atoms with Gasteiger partial charge >= 0.3 is 6.16 Å². The monoisotopic (exact) mass is 177 g/mol. The molecule has 0 atom stereocenters. The fourth-order valence-corrected chi connectivity index (χ4v) is 0.737. The molecule has 0 aromatic heterocycles. The van der Waals surface area contributed by atoms with E-state index < -0.39 is 6.16 Å². The largest absolute Gasteiger partial charge is 0.529 e. The van der Waals surface area contributed by atoms with Gasteiger partial charge in [0.15, 0.2) is 6.79 Å². The van der Waals surface area contributed by atoms with Crippen molar-refractivity contribution in [3.63, 3.8) is 0 Å². The Kier molecular flexibility index (Phi) is 6.41. The highest BCUT2D eigenvalue weighted by molar-refractivity contribution is 5.59. The van der Waals surface area contributed by atoms with E-state index in [1.165, 1.54) is 0 Å². The minimum absolute atomic E-state index is 0.109. The summed E-state index contributed by atoms with van der Waals surface area (Å²) < 4.78 is 9.55. The van der Waals surface area contributed by atoms with Crippen LogP contribution in [0, 0.1) is 0 Å². The Morgan fingerprint density at radius 3 is 2.42 bits per heavy atom. The molecule has 0 aliphatic rings. The Morgan fingerprint density at radius 2 is 2.00 bits per heavy atom. The van der Waals surface area contributed by atoms with Gasteiger partial charge in [-0.2, -0.15) is 5.90 Å². The molecule has 5 nitrogen and oxygen atoms in total. The Balaban J connectivity index is 3.34. The van der Waals surface area contributed by atoms with Crippen molar-refractivity contribution in [1.29, 1.82) is 0 Å². The maximum atomic E-state index is 10.3. The van der Waals surface area contributed by atoms with Crippen molar-refractivity contribution in [3.05, 3.63) is 0 Å². The van der Waals surface area contributed by atoms with Gasteiger partial charge in [-0.25, -0.2) is 4.79 Å². The van der Waals surface area contributed by atoms with Crippen LogP contribution in [0.4, 0.5) is 4.79 Å². The summed E-state index contributed by atoms with van der Waals surface area (Å²) in [6, 6.07) is 0. The first-order valence-corrected chi connectivity index (χ1v) is 3.89. The number of nitrogens with two attached hydrogens (primary N) is 1. The molecule has 0 saturated heterocycles. The Hall–Kier alpha value is -0.810. The average molecular weight is 177 g/mol. The van der Waals surface area contributed by atoms with Crippen molar-refractivity contribution in [2.24, 2.45) is 5.90 Å². The predicted molar refractivity (Wildman–Crippen MR) is 42.1 cm³/mol. The van der Waals surface area contributed by atoms with E-state index in [0.29, 0.717) is 0 Å². The second-order valence-electron chi connectivity index (χ2n) is 2.24. The molecule has 0 bridgehead atoms. The molecule has 0 aliphatic carbocycles. The first-order chi connectivity index (χ1) is 5.74. The lowest BCUT2D eigenvalue weighted by Crippen LogP contribution is -2.18. The third-order valence-electron chi connectivity index (χ3n) is 1.49. The van der Waals surface area contributed by atoms with E-state index in [4.69, 9.17) is 4.74 Å². The Morgan fingerprint density at radius 1 is 1.42 bits per heavy atom. The summed E-state index contributed by atoms with van der Waals surface area (Å²) in [4.78, 5) is 14.1. The van der Waals surface area contributed by atoms with Crippen molar-refractivity contribution in [3.8, 4) is 0 Å². The summed E-state index contributed by atoms with van der Waals surface area (Å²) in [7, 11) is 0. The molecule has 0 aromatic carbocycles. The lowest BCUT2D eigenvalue weighted by Gasteiger charge is -2.12. The zero-order valence-corrected chi connectivity index (χ0v) is 7.41. The SMILES string of the molecule is CCC(CC)OCOC(=O)ON. The van der Waals surface area contributed by atoms with E-state index in [0.717, 1.165) is 12.8 Å². The van der Waals surface area contributed by atoms with E-state index in [1.54, 1.807) is 0 Å². The first kappa shape index (κ1) is 11.2. The molecule has 5 heteroatoms. The van der Waals surface area contributed by atoms with Crippen LogP contribution < -0.4 is 5.90 Å². The molecule has 0 heterocycles. The van der Waals surface area contributed by atoms with Gasteiger partial charge in [-0.15, -0.1) is 0 Å². The second kappa shape index (κ2) is 6.87. The molecule has 2 N–H and O–H groups in total. The third kappa shape index (κ3) is 4.92. The number of hydrogen-bond acceptors (Lipinski definition) is 5. The number of hydrogen-bond donors (Lipinski definition) is 1. The molecule has 0 saturated carbocycles. The molecule has 72 valence electrons. The van der Waals surface area contributed by atoms with Gasteiger partial charge in [0, 0.05) is 0 Å². The normalized spacial score (nSPS) is 10.0. The molecule has 0 amide bonds. The first-order valence-electron chi connectivity index (χ1n) is 3.89. The summed E-state index contributed by atoms with van der Waals surface area (Å²) in [5, 5.41) is 0. The van der Waals surface area contributed by atoms with Crippen molar-refractivity contribution >= 4 is 6.16 Å². The molecule has 0 fully saturated rings. The zero-order valence-electron chi connectivity index (χ0n) is 7.41. The summed E-state index contributed by atoms with van der Waals surface area (Å²) in [6.07, 6.45) is 0.964. The van der Waals surface area contributed by atoms with Crippen LogP contribution in [0.1, 0.15) is 26.7 Å². The maximum Gasteiger partial charge on any atom is 0.529 e. The van der Waals surface area contributed by atoms with Crippen LogP contribution in [0.2, 0.25) is 0 Å². The molecule has 0 aliphatic heterocycles. The average Bonchev–Trinajstić information content (AvgIpc) is 2.12. The molecule has 0 unspecified atom stereocenters. The molecule has 0 radical (unpaired) electrons. The van der Waals surface area contributed by atoms with Crippen LogP contribution in [-0.4, -0.2) is 19.1 Å². The smallest absolute Gasteiger partial charge is 0.406 e. The molecule has 12 heavy (non-hydrogen) atoms. The van der Waals surface area contributed by atoms with Gasteiger partial charge in [0.1, 0.15) is 0 Å². The van der Waals surface area contributed by atoms with Gasteiger partial charge in [0.25, 0.3) is 0 Å². The van der Waals surface area contributed by atoms with Crippen LogP contribution in [0.5, 0.6) is 0 Å². The van der Waals surface area contributed by atoms with E-state index in [9.17, 15) is 4.79 Å². The highest BCUT2D eigenvalue weighted by Crippen LogP contribution is 2.02. The van der Waals surface area contributed by atoms with Crippen molar-refractivity contribution in [1.82, 2.24) is 0 Å². The van der Waals surface area contributed by atoms with Gasteiger partial charge in [0.2, 0.25) is 0 Å². The molecule has 0 spiro atoms. The van der Waals surface area contributed by atoms with Crippen LogP contribution >= 0.6 is 0 Å². The second-order valence-corrected chi connectivity index (χ2v) is 2.24. The van der Waals surface area contributed by atoms with E-state index in [-0.39, 0.29) is 12.9 Å². The Bertz CT molecular complexity index is 125. The number of rotatable bonds is 5. The van der Waals surface area contributed by atoms with E-state index >= 15 is 0 Å². The van der Waals surface area contributed by atoms with Crippen LogP contribution in [0.15, 0.2) is 0 Å². The van der Waals surface area contributed by atoms with Gasteiger partial charge in [-0.3, -0.25) is 0 Å². The predicted octanol–water partition coefficient (Wildman–Crippen LogP) is 1.18. The lowest BCUT2D eigenvalue weighted by molar-refractivity contribution is -0.0785. The fourth-order valence-electron chi connectivity index (χ4n) is 0.737. The van der Waals surface area contributed by atoms with Crippen LogP contribution in [0.25, 0.3) is 0 Å². The summed E-state index contributed by atoms with van der Waals surface area (Å²) in [6.45, 7) is 3.88.